The van der Waals surface area contributed by atoms with Gasteiger partial charge >= 0.3 is 6.01 Å². The second-order valence-electron chi connectivity index (χ2n) is 15.1. The molecule has 2 aromatic carbocycles. The highest BCUT2D eigenvalue weighted by atomic mass is 35.5. The molecule has 19 heteroatoms. The summed E-state index contributed by atoms with van der Waals surface area (Å²) in [6.45, 7) is 8.01. The molecule has 3 aromatic heterocycles. The van der Waals surface area contributed by atoms with Crippen molar-refractivity contribution in [1.29, 1.82) is 0 Å². The number of sulfonamides is 1. The van der Waals surface area contributed by atoms with Gasteiger partial charge in [0.25, 0.3) is 15.9 Å². The third-order valence-corrected chi connectivity index (χ3v) is 13.4. The Balaban J connectivity index is 0.847. The Kier molecular flexibility index (Phi) is 16.1. The molecule has 0 radical (unpaired) electrons. The van der Waals surface area contributed by atoms with E-state index in [0.717, 1.165) is 103 Å². The third kappa shape index (κ3) is 12.8. The number of fused-ring (bicyclic) bond motifs is 1. The molecule has 1 aliphatic heterocycles. The molecule has 0 bridgehead atoms. The molecule has 1 aliphatic rings. The summed E-state index contributed by atoms with van der Waals surface area (Å²) in [7, 11) is -1.84. The molecule has 0 aliphatic carbocycles. The van der Waals surface area contributed by atoms with Crippen LogP contribution >= 0.6 is 34.5 Å². The van der Waals surface area contributed by atoms with Crippen LogP contribution in [-0.4, -0.2) is 77.5 Å². The molecule has 15 nitrogen and oxygen atoms in total. The molecule has 1 saturated heterocycles. The number of ether oxygens (including phenoxy) is 1. The quantitative estimate of drug-likeness (QED) is 0.0366. The lowest BCUT2D eigenvalue weighted by Gasteiger charge is -2.28. The predicted molar refractivity (Wildman–Crippen MR) is 236 cm³/mol. The normalized spacial score (nSPS) is 13.8. The highest BCUT2D eigenvalue weighted by molar-refractivity contribution is 7.91. The van der Waals surface area contributed by atoms with E-state index in [1.54, 1.807) is 10.6 Å². The Morgan fingerprint density at radius 2 is 1.70 bits per heavy atom. The van der Waals surface area contributed by atoms with Gasteiger partial charge in [-0.15, -0.1) is 16.2 Å². The predicted octanol–water partition coefficient (Wildman–Crippen LogP) is 7.39. The number of thiophene rings is 1. The fourth-order valence-electron chi connectivity index (χ4n) is 6.59. The highest BCUT2D eigenvalue weighted by Gasteiger charge is 2.23. The number of hydrogen-bond acceptors (Lipinski definition) is 12. The van der Waals surface area contributed by atoms with E-state index in [9.17, 15) is 18.0 Å². The first-order chi connectivity index (χ1) is 28.8. The lowest BCUT2D eigenvalue weighted by atomic mass is 10.1. The number of hydrazine groups is 1. The van der Waals surface area contributed by atoms with Crippen LogP contribution in [0.5, 0.6) is 6.01 Å². The molecule has 60 heavy (non-hydrogen) atoms. The van der Waals surface area contributed by atoms with Gasteiger partial charge in [0.2, 0.25) is 11.9 Å². The molecule has 0 spiro atoms. The first-order valence-corrected chi connectivity index (χ1v) is 23.2. The summed E-state index contributed by atoms with van der Waals surface area (Å²) in [4.78, 5) is 39.7. The van der Waals surface area contributed by atoms with E-state index in [2.05, 4.69) is 57.1 Å². The van der Waals surface area contributed by atoms with Gasteiger partial charge in [-0.25, -0.2) is 8.42 Å². The van der Waals surface area contributed by atoms with Crippen LogP contribution in [0.25, 0.3) is 5.65 Å². The summed E-state index contributed by atoms with van der Waals surface area (Å²) in [5.74, 6) is 0.0968. The van der Waals surface area contributed by atoms with Crippen molar-refractivity contribution in [3.63, 3.8) is 0 Å². The van der Waals surface area contributed by atoms with Crippen molar-refractivity contribution < 1.29 is 22.7 Å². The Hall–Kier alpha value is -4.36. The number of carbonyl (C=O) groups is 2. The van der Waals surface area contributed by atoms with E-state index in [1.807, 2.05) is 30.5 Å². The molecule has 5 N–H and O–H groups in total. The summed E-state index contributed by atoms with van der Waals surface area (Å²) in [5, 5.41) is 14.8. The number of likely N-dealkylation sites (tertiary alicyclic amines) is 1. The number of benzene rings is 2. The van der Waals surface area contributed by atoms with Crippen molar-refractivity contribution in [3.05, 3.63) is 92.4 Å². The van der Waals surface area contributed by atoms with Gasteiger partial charge < -0.3 is 25.6 Å². The molecule has 1 fully saturated rings. The summed E-state index contributed by atoms with van der Waals surface area (Å²) in [6.07, 6.45) is 8.98. The number of piperidine rings is 1. The minimum atomic E-state index is -3.96. The minimum absolute atomic E-state index is 0.0106. The minimum Gasteiger partial charge on any atom is -0.460 e. The molecule has 4 heterocycles. The summed E-state index contributed by atoms with van der Waals surface area (Å²) >= 11 is 13.0. The SMILES string of the molecule is CC(C)c1cnn2c(NCc3ccc(NC(=O)CCCCCCCNCc4ccc(S(=O)(=O)NNC(=O)c5ccc(Cl)cc5Cl)s4)cc3)nc(OC3CCN(C)CC3)nc12. The second kappa shape index (κ2) is 21.4. The Morgan fingerprint density at radius 3 is 2.45 bits per heavy atom. The standard InChI is InChI=1S/C41H52Cl2N10O5S2/c1-27(2)34-26-46-53-38(34)48-41(58-31-18-21-52(3)22-19-31)49-40(53)45-24-28-10-13-30(14-11-28)47-36(54)9-7-5-4-6-8-20-44-25-32-15-17-37(59-32)60(56,57)51-50-39(55)33-16-12-29(42)23-35(33)43/h10-17,23,26-27,31,44,51H,4-9,18-22,24-25H2,1-3H3,(H,47,54)(H,50,55)(H,45,48,49). The zero-order valence-corrected chi connectivity index (χ0v) is 37.1. The molecule has 2 amide bonds. The fourth-order valence-corrected chi connectivity index (χ4v) is 9.25. The lowest BCUT2D eigenvalue weighted by Crippen LogP contribution is -2.41. The van der Waals surface area contributed by atoms with Gasteiger partial charge in [-0.3, -0.25) is 15.0 Å². The van der Waals surface area contributed by atoms with E-state index >= 15 is 0 Å². The average Bonchev–Trinajstić information content (AvgIpc) is 3.89. The van der Waals surface area contributed by atoms with Crippen molar-refractivity contribution in [1.82, 2.24) is 40.1 Å². The third-order valence-electron chi connectivity index (χ3n) is 10.1. The van der Waals surface area contributed by atoms with Crippen molar-refractivity contribution in [2.75, 3.05) is 37.3 Å². The summed E-state index contributed by atoms with van der Waals surface area (Å²) < 4.78 is 33.5. The van der Waals surface area contributed by atoms with Gasteiger partial charge in [-0.1, -0.05) is 68.4 Å². The molecule has 322 valence electrons. The highest BCUT2D eigenvalue weighted by Crippen LogP contribution is 2.26. The van der Waals surface area contributed by atoms with Crippen LogP contribution in [-0.2, 0) is 27.9 Å². The number of unbranched alkanes of at least 4 members (excludes halogenated alkanes) is 4. The molecule has 0 saturated carbocycles. The smallest absolute Gasteiger partial charge is 0.322 e. The maximum atomic E-state index is 12.7. The molecular formula is C41H52Cl2N10O5S2. The van der Waals surface area contributed by atoms with Crippen LogP contribution in [0.1, 0.15) is 97.5 Å². The van der Waals surface area contributed by atoms with Gasteiger partial charge in [0.1, 0.15) is 10.3 Å². The van der Waals surface area contributed by atoms with Gasteiger partial charge in [0.15, 0.2) is 5.65 Å². The first kappa shape index (κ1) is 45.2. The van der Waals surface area contributed by atoms with Crippen molar-refractivity contribution in [3.8, 4) is 6.01 Å². The Morgan fingerprint density at radius 1 is 0.950 bits per heavy atom. The van der Waals surface area contributed by atoms with E-state index in [-0.39, 0.29) is 32.7 Å². The Labute approximate surface area is 365 Å². The fraction of sp³-hybridized carbons (Fsp3) is 0.439. The second-order valence-corrected chi connectivity index (χ2v) is 19.1. The Bertz CT molecular complexity index is 2330. The van der Waals surface area contributed by atoms with E-state index < -0.39 is 15.9 Å². The van der Waals surface area contributed by atoms with Crippen molar-refractivity contribution >= 4 is 73.7 Å². The number of aromatic nitrogens is 4. The number of halogens is 2. The zero-order chi connectivity index (χ0) is 42.6. The van der Waals surface area contributed by atoms with Gasteiger partial charge in [-0.05, 0) is 93.2 Å². The number of rotatable bonds is 21. The average molecular weight is 900 g/mol. The first-order valence-electron chi connectivity index (χ1n) is 20.1. The largest absolute Gasteiger partial charge is 0.460 e. The molecular weight excluding hydrogens is 848 g/mol. The van der Waals surface area contributed by atoms with Crippen LogP contribution in [0, 0.1) is 0 Å². The summed E-state index contributed by atoms with van der Waals surface area (Å²) in [5.41, 5.74) is 5.82. The van der Waals surface area contributed by atoms with Gasteiger partial charge in [-0.2, -0.15) is 19.6 Å². The van der Waals surface area contributed by atoms with Crippen molar-refractivity contribution in [2.45, 2.75) is 94.5 Å². The molecule has 5 aromatic rings. The number of nitrogens with one attached hydrogen (secondary N) is 5. The van der Waals surface area contributed by atoms with Crippen molar-refractivity contribution in [2.24, 2.45) is 0 Å². The number of anilines is 2. The summed E-state index contributed by atoms with van der Waals surface area (Å²) in [6, 6.07) is 15.7. The zero-order valence-electron chi connectivity index (χ0n) is 34.0. The van der Waals surface area contributed by atoms with E-state index in [4.69, 9.17) is 37.9 Å². The monoisotopic (exact) mass is 898 g/mol. The maximum absolute atomic E-state index is 12.7. The van der Waals surface area contributed by atoms with Gasteiger partial charge in [0, 0.05) is 53.8 Å². The van der Waals surface area contributed by atoms with E-state index in [1.165, 1.54) is 24.3 Å². The van der Waals surface area contributed by atoms with E-state index in [0.29, 0.717) is 36.5 Å². The number of carbonyl (C=O) groups excluding carboxylic acids is 2. The van der Waals surface area contributed by atoms with Crippen LogP contribution in [0.3, 0.4) is 0 Å². The number of nitrogens with zero attached hydrogens (tertiary/aromatic N) is 5. The molecule has 0 unspecified atom stereocenters. The molecule has 0 atom stereocenters. The lowest BCUT2D eigenvalue weighted by molar-refractivity contribution is -0.116. The molecule has 6 rings (SSSR count). The maximum Gasteiger partial charge on any atom is 0.322 e. The number of hydrogen-bond donors (Lipinski definition) is 5. The van der Waals surface area contributed by atoms with Crippen LogP contribution in [0.2, 0.25) is 10.0 Å². The van der Waals surface area contributed by atoms with Crippen LogP contribution in [0.4, 0.5) is 11.6 Å². The van der Waals surface area contributed by atoms with Gasteiger partial charge in [0.05, 0.1) is 16.8 Å². The topological polar surface area (TPSA) is 184 Å². The number of amides is 2. The van der Waals surface area contributed by atoms with Crippen LogP contribution in [0.15, 0.2) is 65.0 Å². The van der Waals surface area contributed by atoms with Crippen LogP contribution < -0.4 is 30.9 Å².